The maximum absolute atomic E-state index is 10.4. The summed E-state index contributed by atoms with van der Waals surface area (Å²) in [6, 6.07) is 4.50. The fraction of sp³-hybridized carbons (Fsp3) is 0.429. The third-order valence-corrected chi connectivity index (χ3v) is 3.89. The van der Waals surface area contributed by atoms with Crippen molar-refractivity contribution in [1.29, 1.82) is 0 Å². The summed E-state index contributed by atoms with van der Waals surface area (Å²) < 4.78 is 0. The summed E-state index contributed by atoms with van der Waals surface area (Å²) in [4.78, 5) is 24.3. The number of amides is 1. The Bertz CT molecular complexity index is 573. The molecule has 0 aliphatic heterocycles. The smallest absolute Gasteiger partial charge is 0.234 e. The second kappa shape index (κ2) is 7.68. The summed E-state index contributed by atoms with van der Waals surface area (Å²) in [6.07, 6.45) is 3.79. The van der Waals surface area contributed by atoms with Gasteiger partial charge in [0.05, 0.1) is 0 Å². The Morgan fingerprint density at radius 1 is 1.33 bits per heavy atom. The van der Waals surface area contributed by atoms with Crippen molar-refractivity contribution in [2.45, 2.75) is 39.2 Å². The number of thiophene rings is 1. The van der Waals surface area contributed by atoms with Crippen LogP contribution < -0.4 is 10.6 Å². The number of hydrogen-bond donors (Lipinski definition) is 2. The molecule has 2 aromatic rings. The molecule has 0 aliphatic rings. The van der Waals surface area contributed by atoms with Crippen molar-refractivity contribution >= 4 is 29.6 Å². The van der Waals surface area contributed by atoms with Gasteiger partial charge in [0.15, 0.2) is 0 Å². The predicted molar refractivity (Wildman–Crippen MR) is 84.6 cm³/mol. The topological polar surface area (TPSA) is 79.8 Å². The first-order valence-electron chi connectivity index (χ1n) is 6.89. The largest absolute Gasteiger partial charge is 0.352 e. The molecule has 1 atom stereocenters. The Kier molecular flexibility index (Phi) is 5.62. The highest BCUT2D eigenvalue weighted by molar-refractivity contribution is 7.09. The molecular weight excluding hydrogens is 286 g/mol. The average molecular weight is 305 g/mol. The molecule has 0 aliphatic carbocycles. The third-order valence-electron chi connectivity index (χ3n) is 2.95. The molecule has 0 saturated heterocycles. The van der Waals surface area contributed by atoms with Gasteiger partial charge in [0.1, 0.15) is 5.82 Å². The van der Waals surface area contributed by atoms with E-state index in [1.807, 2.05) is 0 Å². The summed E-state index contributed by atoms with van der Waals surface area (Å²) in [5.74, 6) is 1.34. The average Bonchev–Trinajstić information content (AvgIpc) is 2.91. The normalized spacial score (nSPS) is 11.9. The van der Waals surface area contributed by atoms with E-state index in [2.05, 4.69) is 50.0 Å². The number of hydrogen-bond acceptors (Lipinski definition) is 6. The number of carbonyl (C=O) groups excluding carboxylic acids is 1. The van der Waals surface area contributed by atoms with Crippen LogP contribution in [0.15, 0.2) is 17.5 Å². The maximum atomic E-state index is 10.4. The van der Waals surface area contributed by atoms with Crippen molar-refractivity contribution in [3.05, 3.63) is 28.2 Å². The second-order valence-corrected chi connectivity index (χ2v) is 5.84. The van der Waals surface area contributed by atoms with Gasteiger partial charge in [-0.05, 0) is 44.6 Å². The van der Waals surface area contributed by atoms with E-state index in [4.69, 9.17) is 0 Å². The fourth-order valence-corrected chi connectivity index (χ4v) is 2.74. The lowest BCUT2D eigenvalue weighted by Crippen LogP contribution is -2.18. The van der Waals surface area contributed by atoms with Gasteiger partial charge in [-0.15, -0.1) is 11.3 Å². The molecular formula is C14H19N5OS. The quantitative estimate of drug-likeness (QED) is 0.733. The molecule has 7 heteroatoms. The number of nitrogens with zero attached hydrogens (tertiary/aromatic N) is 3. The van der Waals surface area contributed by atoms with Crippen molar-refractivity contribution in [3.63, 3.8) is 0 Å². The van der Waals surface area contributed by atoms with Crippen LogP contribution in [0.3, 0.4) is 0 Å². The maximum Gasteiger partial charge on any atom is 0.234 e. The van der Waals surface area contributed by atoms with Gasteiger partial charge in [0, 0.05) is 10.9 Å². The van der Waals surface area contributed by atoms with Crippen molar-refractivity contribution in [1.82, 2.24) is 15.0 Å². The van der Waals surface area contributed by atoms with Crippen molar-refractivity contribution < 1.29 is 4.79 Å². The first kappa shape index (κ1) is 15.4. The standard InChI is InChI=1S/C14H19N5OS/c1-10(5-3-6-12-7-4-8-21-12)16-14-18-11(2)17-13(19-14)15-9-20/h4,7-10H,3,5-6H2,1-2H3,(H2,15,16,17,18,19,20). The lowest BCUT2D eigenvalue weighted by atomic mass is 10.1. The van der Waals surface area contributed by atoms with Gasteiger partial charge >= 0.3 is 0 Å². The molecule has 1 unspecified atom stereocenters. The van der Waals surface area contributed by atoms with Gasteiger partial charge in [-0.1, -0.05) is 6.07 Å². The molecule has 0 spiro atoms. The molecule has 2 N–H and O–H groups in total. The van der Waals surface area contributed by atoms with Crippen LogP contribution >= 0.6 is 11.3 Å². The van der Waals surface area contributed by atoms with Crippen LogP contribution in [-0.4, -0.2) is 27.4 Å². The van der Waals surface area contributed by atoms with Crippen molar-refractivity contribution in [2.24, 2.45) is 0 Å². The molecule has 0 aromatic carbocycles. The number of rotatable bonds is 8. The van der Waals surface area contributed by atoms with E-state index >= 15 is 0 Å². The van der Waals surface area contributed by atoms with Crippen molar-refractivity contribution in [3.8, 4) is 0 Å². The molecule has 2 heterocycles. The Hall–Kier alpha value is -2.02. The molecule has 0 radical (unpaired) electrons. The van der Waals surface area contributed by atoms with E-state index in [0.29, 0.717) is 18.2 Å². The summed E-state index contributed by atoms with van der Waals surface area (Å²) in [5.41, 5.74) is 0. The van der Waals surface area contributed by atoms with Crippen LogP contribution in [0, 0.1) is 6.92 Å². The van der Waals surface area contributed by atoms with E-state index in [1.54, 1.807) is 18.3 Å². The number of aromatic nitrogens is 3. The first-order chi connectivity index (χ1) is 10.2. The second-order valence-electron chi connectivity index (χ2n) is 4.81. The molecule has 0 fully saturated rings. The summed E-state index contributed by atoms with van der Waals surface area (Å²) in [6.45, 7) is 3.87. The van der Waals surface area contributed by atoms with Crippen LogP contribution in [0.25, 0.3) is 0 Å². The molecule has 6 nitrogen and oxygen atoms in total. The van der Waals surface area contributed by atoms with Gasteiger partial charge < -0.3 is 5.32 Å². The minimum Gasteiger partial charge on any atom is -0.352 e. The SMILES string of the molecule is Cc1nc(NC=O)nc(NC(C)CCCc2cccs2)n1. The molecule has 1 amide bonds. The van der Waals surface area contributed by atoms with E-state index in [1.165, 1.54) is 4.88 Å². The number of aryl methyl sites for hydroxylation is 2. The Morgan fingerprint density at radius 3 is 2.86 bits per heavy atom. The van der Waals surface area contributed by atoms with E-state index in [-0.39, 0.29) is 12.0 Å². The van der Waals surface area contributed by atoms with E-state index in [0.717, 1.165) is 19.3 Å². The van der Waals surface area contributed by atoms with Crippen LogP contribution in [0.1, 0.15) is 30.5 Å². The Labute approximate surface area is 128 Å². The van der Waals surface area contributed by atoms with Gasteiger partial charge in [-0.25, -0.2) is 0 Å². The van der Waals surface area contributed by atoms with Crippen LogP contribution in [-0.2, 0) is 11.2 Å². The van der Waals surface area contributed by atoms with Gasteiger partial charge in [-0.3, -0.25) is 10.1 Å². The highest BCUT2D eigenvalue weighted by Gasteiger charge is 2.07. The minimum atomic E-state index is 0.260. The van der Waals surface area contributed by atoms with Crippen molar-refractivity contribution in [2.75, 3.05) is 10.6 Å². The highest BCUT2D eigenvalue weighted by Crippen LogP contribution is 2.14. The molecule has 0 bridgehead atoms. The number of anilines is 2. The third kappa shape index (κ3) is 5.11. The molecule has 2 aromatic heterocycles. The van der Waals surface area contributed by atoms with E-state index < -0.39 is 0 Å². The Morgan fingerprint density at radius 2 is 2.14 bits per heavy atom. The minimum absolute atomic E-state index is 0.260. The summed E-state index contributed by atoms with van der Waals surface area (Å²) in [7, 11) is 0. The Balaban J connectivity index is 1.83. The zero-order valence-electron chi connectivity index (χ0n) is 12.2. The molecule has 0 saturated carbocycles. The fourth-order valence-electron chi connectivity index (χ4n) is 1.99. The molecule has 21 heavy (non-hydrogen) atoms. The number of carbonyl (C=O) groups is 1. The molecule has 2 rings (SSSR count). The van der Waals surface area contributed by atoms with Gasteiger partial charge in [0.25, 0.3) is 0 Å². The highest BCUT2D eigenvalue weighted by atomic mass is 32.1. The zero-order valence-corrected chi connectivity index (χ0v) is 13.0. The lowest BCUT2D eigenvalue weighted by Gasteiger charge is -2.14. The van der Waals surface area contributed by atoms with Crippen LogP contribution in [0.2, 0.25) is 0 Å². The predicted octanol–water partition coefficient (Wildman–Crippen LogP) is 2.63. The lowest BCUT2D eigenvalue weighted by molar-refractivity contribution is -0.105. The zero-order chi connectivity index (χ0) is 15.1. The first-order valence-corrected chi connectivity index (χ1v) is 7.77. The monoisotopic (exact) mass is 305 g/mol. The summed E-state index contributed by atoms with van der Waals surface area (Å²) in [5, 5.41) is 7.79. The molecule has 112 valence electrons. The summed E-state index contributed by atoms with van der Waals surface area (Å²) >= 11 is 1.79. The van der Waals surface area contributed by atoms with Crippen LogP contribution in [0.5, 0.6) is 0 Å². The van der Waals surface area contributed by atoms with Gasteiger partial charge in [0.2, 0.25) is 18.3 Å². The van der Waals surface area contributed by atoms with Crippen LogP contribution in [0.4, 0.5) is 11.9 Å². The number of nitrogens with one attached hydrogen (secondary N) is 2. The van der Waals surface area contributed by atoms with E-state index in [9.17, 15) is 4.79 Å². The van der Waals surface area contributed by atoms with Gasteiger partial charge in [-0.2, -0.15) is 15.0 Å².